The van der Waals surface area contributed by atoms with E-state index in [1.54, 1.807) is 11.3 Å². The molecule has 1 heterocycles. The first-order valence-corrected chi connectivity index (χ1v) is 7.88. The van der Waals surface area contributed by atoms with Gasteiger partial charge in [-0.25, -0.2) is 0 Å². The molecule has 1 unspecified atom stereocenters. The summed E-state index contributed by atoms with van der Waals surface area (Å²) in [7, 11) is 0. The first kappa shape index (κ1) is 14.7. The van der Waals surface area contributed by atoms with Gasteiger partial charge in [-0.1, -0.05) is 29.8 Å². The number of aliphatic hydroxyl groups excluding tert-OH is 1. The summed E-state index contributed by atoms with van der Waals surface area (Å²) in [4.78, 5) is 1.22. The van der Waals surface area contributed by atoms with Crippen LogP contribution in [0.3, 0.4) is 0 Å². The Labute approximate surface area is 126 Å². The summed E-state index contributed by atoms with van der Waals surface area (Å²) in [6.45, 7) is 2.54. The summed E-state index contributed by atoms with van der Waals surface area (Å²) >= 11 is 5.24. The van der Waals surface area contributed by atoms with Gasteiger partial charge in [-0.2, -0.15) is 0 Å². The molecule has 2 aromatic rings. The third kappa shape index (κ3) is 3.08. The molecule has 2 nitrogen and oxygen atoms in total. The standard InChI is InChI=1S/C15H18BrNOS/c1-11-3-2-4-12(7-11)15(9-17,10-18)8-14-13(16)5-6-19-14/h2-7,18H,8-10,17H2,1H3. The van der Waals surface area contributed by atoms with Gasteiger partial charge in [-0.15, -0.1) is 11.3 Å². The maximum atomic E-state index is 9.92. The maximum Gasteiger partial charge on any atom is 0.0543 e. The highest BCUT2D eigenvalue weighted by Crippen LogP contribution is 2.33. The van der Waals surface area contributed by atoms with Crippen LogP contribution in [0.5, 0.6) is 0 Å². The lowest BCUT2D eigenvalue weighted by Crippen LogP contribution is -2.40. The predicted molar refractivity (Wildman–Crippen MR) is 84.7 cm³/mol. The molecule has 0 radical (unpaired) electrons. The van der Waals surface area contributed by atoms with Gasteiger partial charge in [0, 0.05) is 21.3 Å². The van der Waals surface area contributed by atoms with E-state index in [1.165, 1.54) is 10.4 Å². The van der Waals surface area contributed by atoms with Crippen LogP contribution in [0.2, 0.25) is 0 Å². The summed E-state index contributed by atoms with van der Waals surface area (Å²) in [6, 6.07) is 10.3. The molecule has 2 rings (SSSR count). The van der Waals surface area contributed by atoms with Crippen LogP contribution < -0.4 is 5.73 Å². The number of hydrogen-bond acceptors (Lipinski definition) is 3. The van der Waals surface area contributed by atoms with Gasteiger partial charge in [0.2, 0.25) is 0 Å². The van der Waals surface area contributed by atoms with Gasteiger partial charge < -0.3 is 10.8 Å². The van der Waals surface area contributed by atoms with E-state index in [1.807, 2.05) is 17.5 Å². The van der Waals surface area contributed by atoms with Crippen molar-refractivity contribution < 1.29 is 5.11 Å². The first-order valence-electron chi connectivity index (χ1n) is 6.21. The Morgan fingerprint density at radius 2 is 2.16 bits per heavy atom. The molecule has 0 saturated carbocycles. The van der Waals surface area contributed by atoms with Crippen molar-refractivity contribution in [2.24, 2.45) is 5.73 Å². The van der Waals surface area contributed by atoms with Gasteiger partial charge in [-0.3, -0.25) is 0 Å². The van der Waals surface area contributed by atoms with Crippen LogP contribution in [0.15, 0.2) is 40.2 Å². The van der Waals surface area contributed by atoms with Crippen molar-refractivity contribution >= 4 is 27.3 Å². The van der Waals surface area contributed by atoms with Gasteiger partial charge in [0.05, 0.1) is 6.61 Å². The molecule has 0 amide bonds. The average Bonchev–Trinajstić information content (AvgIpc) is 2.81. The smallest absolute Gasteiger partial charge is 0.0543 e. The number of thiophene rings is 1. The highest BCUT2D eigenvalue weighted by Gasteiger charge is 2.31. The summed E-state index contributed by atoms with van der Waals surface area (Å²) in [5.74, 6) is 0. The fourth-order valence-electron chi connectivity index (χ4n) is 2.24. The number of aliphatic hydroxyl groups is 1. The molecule has 1 aromatic heterocycles. The summed E-state index contributed by atoms with van der Waals surface area (Å²) < 4.78 is 1.09. The Hall–Kier alpha value is -0.680. The first-order chi connectivity index (χ1) is 9.11. The number of rotatable bonds is 5. The van der Waals surface area contributed by atoms with E-state index in [9.17, 15) is 5.11 Å². The van der Waals surface area contributed by atoms with E-state index in [-0.39, 0.29) is 6.61 Å². The number of nitrogens with two attached hydrogens (primary N) is 1. The second kappa shape index (κ2) is 6.18. The minimum absolute atomic E-state index is 0.0529. The molecule has 0 bridgehead atoms. The topological polar surface area (TPSA) is 46.2 Å². The van der Waals surface area contributed by atoms with Gasteiger partial charge in [0.1, 0.15) is 0 Å². The second-order valence-corrected chi connectivity index (χ2v) is 6.74. The normalized spacial score (nSPS) is 14.3. The second-order valence-electron chi connectivity index (χ2n) is 4.88. The van der Waals surface area contributed by atoms with Gasteiger partial charge in [0.25, 0.3) is 0 Å². The SMILES string of the molecule is Cc1cccc(C(CN)(CO)Cc2sccc2Br)c1. The number of hydrogen-bond donors (Lipinski definition) is 2. The Morgan fingerprint density at radius 3 is 2.68 bits per heavy atom. The van der Waals surface area contributed by atoms with Crippen LogP contribution in [0.25, 0.3) is 0 Å². The van der Waals surface area contributed by atoms with Crippen LogP contribution >= 0.6 is 27.3 Å². The Morgan fingerprint density at radius 1 is 1.37 bits per heavy atom. The third-order valence-electron chi connectivity index (χ3n) is 3.51. The molecule has 0 fully saturated rings. The third-order valence-corrected chi connectivity index (χ3v) is 5.44. The van der Waals surface area contributed by atoms with Crippen molar-refractivity contribution in [2.45, 2.75) is 18.8 Å². The zero-order chi connectivity index (χ0) is 13.9. The lowest BCUT2D eigenvalue weighted by molar-refractivity contribution is 0.196. The van der Waals surface area contributed by atoms with Crippen LogP contribution in [0, 0.1) is 6.92 Å². The van der Waals surface area contributed by atoms with Crippen LogP contribution in [0.4, 0.5) is 0 Å². The summed E-state index contributed by atoms with van der Waals surface area (Å²) in [5, 5.41) is 12.0. The molecule has 102 valence electrons. The average molecular weight is 340 g/mol. The molecule has 0 aliphatic carbocycles. The Bertz CT molecular complexity index is 549. The molecule has 0 aliphatic rings. The zero-order valence-corrected chi connectivity index (χ0v) is 13.3. The van der Waals surface area contributed by atoms with Crippen molar-refractivity contribution in [3.05, 3.63) is 56.2 Å². The molecule has 1 atom stereocenters. The van der Waals surface area contributed by atoms with Crippen LogP contribution in [-0.2, 0) is 11.8 Å². The van der Waals surface area contributed by atoms with E-state index in [0.717, 1.165) is 16.5 Å². The van der Waals surface area contributed by atoms with E-state index in [4.69, 9.17) is 5.73 Å². The minimum Gasteiger partial charge on any atom is -0.395 e. The van der Waals surface area contributed by atoms with Crippen molar-refractivity contribution in [1.29, 1.82) is 0 Å². The molecular formula is C15H18BrNOS. The number of benzene rings is 1. The van der Waals surface area contributed by atoms with Gasteiger partial charge in [0.15, 0.2) is 0 Å². The molecule has 0 spiro atoms. The maximum absolute atomic E-state index is 9.92. The predicted octanol–water partition coefficient (Wildman–Crippen LogP) is 3.25. The quantitative estimate of drug-likeness (QED) is 0.878. The van der Waals surface area contributed by atoms with Crippen molar-refractivity contribution in [2.75, 3.05) is 13.2 Å². The fraction of sp³-hybridized carbons (Fsp3) is 0.333. The van der Waals surface area contributed by atoms with Crippen LogP contribution in [-0.4, -0.2) is 18.3 Å². The highest BCUT2D eigenvalue weighted by atomic mass is 79.9. The summed E-state index contributed by atoms with van der Waals surface area (Å²) in [5.41, 5.74) is 7.89. The van der Waals surface area contributed by atoms with Crippen molar-refractivity contribution in [3.8, 4) is 0 Å². The fourth-order valence-corrected chi connectivity index (χ4v) is 3.87. The minimum atomic E-state index is -0.403. The monoisotopic (exact) mass is 339 g/mol. The number of halogens is 1. The number of aryl methyl sites for hydroxylation is 1. The lowest BCUT2D eigenvalue weighted by atomic mass is 9.77. The Balaban J connectivity index is 2.40. The summed E-state index contributed by atoms with van der Waals surface area (Å²) in [6.07, 6.45) is 0.752. The van der Waals surface area contributed by atoms with E-state index < -0.39 is 5.41 Å². The molecule has 3 N–H and O–H groups in total. The molecule has 0 aliphatic heterocycles. The van der Waals surface area contributed by atoms with Crippen molar-refractivity contribution in [1.82, 2.24) is 0 Å². The molecule has 19 heavy (non-hydrogen) atoms. The molecule has 1 aromatic carbocycles. The molecule has 4 heteroatoms. The van der Waals surface area contributed by atoms with E-state index in [0.29, 0.717) is 6.54 Å². The zero-order valence-electron chi connectivity index (χ0n) is 10.9. The lowest BCUT2D eigenvalue weighted by Gasteiger charge is -2.31. The molecule has 0 saturated heterocycles. The highest BCUT2D eigenvalue weighted by molar-refractivity contribution is 9.10. The molecular weight excluding hydrogens is 322 g/mol. The van der Waals surface area contributed by atoms with Gasteiger partial charge >= 0.3 is 0 Å². The Kier molecular flexibility index (Phi) is 4.79. The largest absolute Gasteiger partial charge is 0.395 e. The van der Waals surface area contributed by atoms with Crippen LogP contribution in [0.1, 0.15) is 16.0 Å². The van der Waals surface area contributed by atoms with Gasteiger partial charge in [-0.05, 0) is 46.3 Å². The van der Waals surface area contributed by atoms with E-state index >= 15 is 0 Å². The van der Waals surface area contributed by atoms with Crippen molar-refractivity contribution in [3.63, 3.8) is 0 Å². The van der Waals surface area contributed by atoms with E-state index in [2.05, 4.69) is 41.1 Å².